The van der Waals surface area contributed by atoms with Crippen molar-refractivity contribution in [1.29, 1.82) is 0 Å². The molecule has 0 aromatic heterocycles. The summed E-state index contributed by atoms with van der Waals surface area (Å²) in [5, 5.41) is 9.04. The lowest BCUT2D eigenvalue weighted by Crippen LogP contribution is -2.45. The number of aryl methyl sites for hydroxylation is 1. The highest BCUT2D eigenvalue weighted by Crippen LogP contribution is 2.26. The highest BCUT2D eigenvalue weighted by atomic mass is 16.5. The Bertz CT molecular complexity index is 603. The summed E-state index contributed by atoms with van der Waals surface area (Å²) in [6, 6.07) is 6.09. The predicted molar refractivity (Wildman–Crippen MR) is 92.3 cm³/mol. The van der Waals surface area contributed by atoms with Crippen LogP contribution in [0.1, 0.15) is 50.7 Å². The van der Waals surface area contributed by atoms with E-state index in [0.717, 1.165) is 11.3 Å². The second-order valence-electron chi connectivity index (χ2n) is 6.88. The molecule has 0 spiro atoms. The van der Waals surface area contributed by atoms with Crippen molar-refractivity contribution in [2.45, 2.75) is 52.6 Å². The molecule has 1 N–H and O–H groups in total. The van der Waals surface area contributed by atoms with Crippen molar-refractivity contribution in [2.75, 3.05) is 13.1 Å². The molecule has 1 aromatic rings. The number of piperidine rings is 1. The molecule has 1 aromatic carbocycles. The van der Waals surface area contributed by atoms with Crippen molar-refractivity contribution >= 4 is 11.9 Å². The molecule has 2 rings (SSSR count). The van der Waals surface area contributed by atoms with Crippen LogP contribution in [0.3, 0.4) is 0 Å². The van der Waals surface area contributed by atoms with Gasteiger partial charge in [0.15, 0.2) is 6.10 Å². The van der Waals surface area contributed by atoms with E-state index in [0.29, 0.717) is 31.8 Å². The number of nitrogens with zero attached hydrogens (tertiary/aromatic N) is 1. The van der Waals surface area contributed by atoms with Crippen LogP contribution in [0.15, 0.2) is 18.2 Å². The van der Waals surface area contributed by atoms with E-state index < -0.39 is 12.1 Å². The number of ether oxygens (including phenoxy) is 1. The number of hydrogen-bond donors (Lipinski definition) is 1. The van der Waals surface area contributed by atoms with Gasteiger partial charge in [-0.3, -0.25) is 9.59 Å². The highest BCUT2D eigenvalue weighted by molar-refractivity contribution is 5.81. The van der Waals surface area contributed by atoms with Gasteiger partial charge in [0.2, 0.25) is 0 Å². The Hall–Kier alpha value is -2.04. The molecular weight excluding hydrogens is 306 g/mol. The van der Waals surface area contributed by atoms with Gasteiger partial charge in [0.1, 0.15) is 5.75 Å². The van der Waals surface area contributed by atoms with Crippen LogP contribution in [-0.4, -0.2) is 41.1 Å². The molecule has 1 atom stereocenters. The first-order valence-electron chi connectivity index (χ1n) is 8.58. The Morgan fingerprint density at radius 2 is 1.83 bits per heavy atom. The monoisotopic (exact) mass is 333 g/mol. The normalized spacial score (nSPS) is 17.0. The zero-order valence-electron chi connectivity index (χ0n) is 14.9. The number of carboxylic acids is 1. The Morgan fingerprint density at radius 1 is 1.21 bits per heavy atom. The summed E-state index contributed by atoms with van der Waals surface area (Å²) in [6.45, 7) is 8.93. The van der Waals surface area contributed by atoms with E-state index in [-0.39, 0.29) is 11.8 Å². The SMILES string of the molecule is Cc1ccc(C(C)C)cc1OC(C)C(=O)N1CCC(C(=O)O)CC1. The molecule has 1 fully saturated rings. The number of aliphatic carboxylic acids is 1. The molecule has 1 heterocycles. The minimum atomic E-state index is -0.771. The first-order chi connectivity index (χ1) is 11.3. The molecule has 0 aliphatic carbocycles. The van der Waals surface area contributed by atoms with Gasteiger partial charge in [0, 0.05) is 13.1 Å². The number of benzene rings is 1. The average Bonchev–Trinajstić information content (AvgIpc) is 2.55. The number of rotatable bonds is 5. The van der Waals surface area contributed by atoms with Crippen molar-refractivity contribution in [1.82, 2.24) is 4.90 Å². The van der Waals surface area contributed by atoms with E-state index in [9.17, 15) is 9.59 Å². The van der Waals surface area contributed by atoms with Gasteiger partial charge in [0.25, 0.3) is 5.91 Å². The number of carbonyl (C=O) groups excluding carboxylic acids is 1. The maximum atomic E-state index is 12.6. The maximum Gasteiger partial charge on any atom is 0.306 e. The smallest absolute Gasteiger partial charge is 0.306 e. The van der Waals surface area contributed by atoms with Crippen LogP contribution < -0.4 is 4.74 Å². The van der Waals surface area contributed by atoms with Gasteiger partial charge < -0.3 is 14.7 Å². The molecule has 1 saturated heterocycles. The number of likely N-dealkylation sites (tertiary alicyclic amines) is 1. The van der Waals surface area contributed by atoms with Crippen LogP contribution in [0, 0.1) is 12.8 Å². The average molecular weight is 333 g/mol. The van der Waals surface area contributed by atoms with Crippen molar-refractivity contribution in [3.05, 3.63) is 29.3 Å². The summed E-state index contributed by atoms with van der Waals surface area (Å²) in [7, 11) is 0. The topological polar surface area (TPSA) is 66.8 Å². The molecule has 0 saturated carbocycles. The molecular formula is C19H27NO4. The van der Waals surface area contributed by atoms with Gasteiger partial charge in [-0.25, -0.2) is 0 Å². The van der Waals surface area contributed by atoms with Crippen LogP contribution in [0.25, 0.3) is 0 Å². The zero-order chi connectivity index (χ0) is 17.9. The van der Waals surface area contributed by atoms with Crippen molar-refractivity contribution in [3.8, 4) is 5.75 Å². The van der Waals surface area contributed by atoms with E-state index in [1.807, 2.05) is 19.1 Å². The van der Waals surface area contributed by atoms with E-state index in [4.69, 9.17) is 9.84 Å². The number of carboxylic acid groups (broad SMARTS) is 1. The fourth-order valence-corrected chi connectivity index (χ4v) is 2.95. The molecule has 1 aliphatic heterocycles. The number of amides is 1. The molecule has 0 radical (unpaired) electrons. The molecule has 0 bridgehead atoms. The minimum Gasteiger partial charge on any atom is -0.481 e. The second kappa shape index (κ2) is 7.69. The fourth-order valence-electron chi connectivity index (χ4n) is 2.95. The lowest BCUT2D eigenvalue weighted by molar-refractivity contribution is -0.147. The number of hydrogen-bond acceptors (Lipinski definition) is 3. The first-order valence-corrected chi connectivity index (χ1v) is 8.58. The van der Waals surface area contributed by atoms with Crippen molar-refractivity contribution < 1.29 is 19.4 Å². The van der Waals surface area contributed by atoms with Gasteiger partial charge in [-0.15, -0.1) is 0 Å². The Morgan fingerprint density at radius 3 is 2.38 bits per heavy atom. The van der Waals surface area contributed by atoms with Gasteiger partial charge >= 0.3 is 5.97 Å². The molecule has 1 amide bonds. The summed E-state index contributed by atoms with van der Waals surface area (Å²) in [5.41, 5.74) is 2.18. The number of carbonyl (C=O) groups is 2. The van der Waals surface area contributed by atoms with Crippen molar-refractivity contribution in [2.24, 2.45) is 5.92 Å². The van der Waals surface area contributed by atoms with Gasteiger partial charge in [-0.2, -0.15) is 0 Å². The summed E-state index contributed by atoms with van der Waals surface area (Å²) in [4.78, 5) is 25.3. The van der Waals surface area contributed by atoms with E-state index in [1.165, 1.54) is 5.56 Å². The third kappa shape index (κ3) is 4.28. The van der Waals surface area contributed by atoms with Crippen LogP contribution >= 0.6 is 0 Å². The van der Waals surface area contributed by atoms with E-state index in [2.05, 4.69) is 19.9 Å². The molecule has 24 heavy (non-hydrogen) atoms. The molecule has 1 unspecified atom stereocenters. The lowest BCUT2D eigenvalue weighted by atomic mass is 9.97. The Balaban J connectivity index is 2.00. The molecule has 5 nitrogen and oxygen atoms in total. The summed E-state index contributed by atoms with van der Waals surface area (Å²) < 4.78 is 5.92. The lowest BCUT2D eigenvalue weighted by Gasteiger charge is -2.32. The third-order valence-electron chi connectivity index (χ3n) is 4.69. The van der Waals surface area contributed by atoms with Gasteiger partial charge in [-0.1, -0.05) is 26.0 Å². The summed E-state index contributed by atoms with van der Waals surface area (Å²) >= 11 is 0. The van der Waals surface area contributed by atoms with Crippen LogP contribution in [0.5, 0.6) is 5.75 Å². The summed E-state index contributed by atoms with van der Waals surface area (Å²) in [6.07, 6.45) is 0.443. The predicted octanol–water partition coefficient (Wildman–Crippen LogP) is 3.21. The van der Waals surface area contributed by atoms with Gasteiger partial charge in [0.05, 0.1) is 5.92 Å². The fraction of sp³-hybridized carbons (Fsp3) is 0.579. The molecule has 1 aliphatic rings. The quantitative estimate of drug-likeness (QED) is 0.898. The molecule has 132 valence electrons. The summed E-state index contributed by atoms with van der Waals surface area (Å²) in [5.74, 6) is -0.0487. The van der Waals surface area contributed by atoms with Crippen LogP contribution in [0.2, 0.25) is 0 Å². The third-order valence-corrected chi connectivity index (χ3v) is 4.69. The van der Waals surface area contributed by atoms with Crippen molar-refractivity contribution in [3.63, 3.8) is 0 Å². The van der Waals surface area contributed by atoms with E-state index >= 15 is 0 Å². The minimum absolute atomic E-state index is 0.0758. The molecule has 5 heteroatoms. The van der Waals surface area contributed by atoms with Gasteiger partial charge in [-0.05, 0) is 49.8 Å². The second-order valence-corrected chi connectivity index (χ2v) is 6.88. The maximum absolute atomic E-state index is 12.6. The van der Waals surface area contributed by atoms with Crippen LogP contribution in [-0.2, 0) is 9.59 Å². The Kier molecular flexibility index (Phi) is 5.86. The zero-order valence-corrected chi connectivity index (χ0v) is 14.9. The van der Waals surface area contributed by atoms with E-state index in [1.54, 1.807) is 11.8 Å². The van der Waals surface area contributed by atoms with Crippen LogP contribution in [0.4, 0.5) is 0 Å². The Labute approximate surface area is 143 Å². The first kappa shape index (κ1) is 18.3. The standard InChI is InChI=1S/C19H27NO4/c1-12(2)16-6-5-13(3)17(11-16)24-14(4)18(21)20-9-7-15(8-10-20)19(22)23/h5-6,11-12,14-15H,7-10H2,1-4H3,(H,22,23). The highest BCUT2D eigenvalue weighted by Gasteiger charge is 2.30. The largest absolute Gasteiger partial charge is 0.481 e.